The number of aliphatic hydroxyl groups excluding tert-OH is 2. The normalized spacial score (nSPS) is 9.74. The second-order valence-corrected chi connectivity index (χ2v) is 14.5. The number of nitrogens with zero attached hydrogens (tertiary/aromatic N) is 8. The number of hydrogen-bond acceptors (Lipinski definition) is 9. The Morgan fingerprint density at radius 1 is 0.562 bits per heavy atom. The summed E-state index contributed by atoms with van der Waals surface area (Å²) in [6, 6.07) is 59.0. The summed E-state index contributed by atoms with van der Waals surface area (Å²) in [4.78, 5) is 43.9. The second kappa shape index (κ2) is 35.4. The number of fused-ring (bicyclic) bond motifs is 1. The van der Waals surface area contributed by atoms with Gasteiger partial charge < -0.3 is 29.8 Å². The first-order valence-corrected chi connectivity index (χ1v) is 21.4. The number of carbonyl (C=O) groups is 2. The molecule has 0 amide bonds. The van der Waals surface area contributed by atoms with Gasteiger partial charge in [0.1, 0.15) is 5.69 Å². The molecule has 9 rings (SSSR count). The number of aliphatic hydroxyl groups is 2. The predicted molar refractivity (Wildman–Crippen MR) is 275 cm³/mol. The largest absolute Gasteiger partial charge is 0.512 e. The summed E-state index contributed by atoms with van der Waals surface area (Å²) < 4.78 is 1.63. The molecule has 0 aliphatic carbocycles. The van der Waals surface area contributed by atoms with Crippen molar-refractivity contribution in [1.29, 1.82) is 0 Å². The minimum Gasteiger partial charge on any atom is -0.512 e. The van der Waals surface area contributed by atoms with E-state index in [-0.39, 0.29) is 83.4 Å². The van der Waals surface area contributed by atoms with Gasteiger partial charge in [-0.1, -0.05) is 73.8 Å². The van der Waals surface area contributed by atoms with E-state index in [4.69, 9.17) is 23.4 Å². The van der Waals surface area contributed by atoms with E-state index in [1.165, 1.54) is 45.2 Å². The van der Waals surface area contributed by atoms with Crippen molar-refractivity contribution in [3.8, 4) is 39.6 Å². The Hall–Kier alpha value is -7.70. The maximum absolute atomic E-state index is 10.0. The summed E-state index contributed by atoms with van der Waals surface area (Å²) in [5.74, 6) is 0.672. The molecule has 0 fully saturated rings. The van der Waals surface area contributed by atoms with Gasteiger partial charge in [0.15, 0.2) is 17.3 Å². The molecule has 0 saturated heterocycles. The van der Waals surface area contributed by atoms with E-state index in [2.05, 4.69) is 71.3 Å². The number of ketones is 2. The zero-order chi connectivity index (χ0) is 50.5. The van der Waals surface area contributed by atoms with Crippen molar-refractivity contribution < 1.29 is 80.1 Å². The van der Waals surface area contributed by atoms with Gasteiger partial charge in [0.2, 0.25) is 0 Å². The van der Waals surface area contributed by atoms with Gasteiger partial charge in [0.05, 0.1) is 36.0 Å². The summed E-state index contributed by atoms with van der Waals surface area (Å²) in [5, 5.41) is 22.1. The second-order valence-electron chi connectivity index (χ2n) is 14.5. The van der Waals surface area contributed by atoms with Gasteiger partial charge in [-0.15, -0.1) is 102 Å². The third-order valence-corrected chi connectivity index (χ3v) is 8.64. The summed E-state index contributed by atoms with van der Waals surface area (Å²) in [7, 11) is 0. The zero-order valence-corrected chi connectivity index (χ0v) is 47.4. The van der Waals surface area contributed by atoms with Crippen LogP contribution in [0.15, 0.2) is 200 Å². The molecule has 12 nitrogen and oxygen atoms in total. The predicted octanol–water partition coefficient (Wildman–Crippen LogP) is 13.3. The van der Waals surface area contributed by atoms with Crippen molar-refractivity contribution in [3.63, 3.8) is 0 Å². The number of pyridine rings is 4. The Morgan fingerprint density at radius 2 is 1.11 bits per heavy atom. The Bertz CT molecular complexity index is 3070. The number of benzene rings is 4. The Labute approximate surface area is 467 Å². The molecule has 15 heteroatoms. The molecule has 375 valence electrons. The molecular formula is C58H48Ir3N8O4-4. The van der Waals surface area contributed by atoms with E-state index in [1.807, 2.05) is 122 Å². The molecule has 0 spiro atoms. The maximum atomic E-state index is 10.0. The number of allylic oxidation sites excluding steroid dienone is 4. The van der Waals surface area contributed by atoms with Crippen LogP contribution in [0.2, 0.25) is 0 Å². The zero-order valence-electron chi connectivity index (χ0n) is 40.2. The van der Waals surface area contributed by atoms with Crippen LogP contribution >= 0.6 is 0 Å². The van der Waals surface area contributed by atoms with E-state index in [0.29, 0.717) is 11.4 Å². The van der Waals surface area contributed by atoms with E-state index in [1.54, 1.807) is 53.6 Å². The number of carbonyl (C=O) groups excluding carboxylic acids is 2. The van der Waals surface area contributed by atoms with Gasteiger partial charge in [-0.3, -0.25) is 24.5 Å². The van der Waals surface area contributed by atoms with Crippen molar-refractivity contribution in [2.75, 3.05) is 0 Å². The first-order chi connectivity index (χ1) is 33.8. The topological polar surface area (TPSA) is 153 Å². The minimum absolute atomic E-state index is 0. The fourth-order valence-electron chi connectivity index (χ4n) is 5.71. The molecule has 0 atom stereocenters. The van der Waals surface area contributed by atoms with E-state index in [9.17, 15) is 9.59 Å². The fourth-order valence-corrected chi connectivity index (χ4v) is 5.71. The third kappa shape index (κ3) is 24.3. The van der Waals surface area contributed by atoms with E-state index >= 15 is 0 Å². The number of hydrogen-bond donors (Lipinski definition) is 2. The Balaban J connectivity index is 0.000000445. The number of aryl methyl sites for hydroxylation is 1. The molecule has 2 N–H and O–H groups in total. The molecule has 0 saturated carbocycles. The molecule has 0 unspecified atom stereocenters. The molecule has 73 heavy (non-hydrogen) atoms. The Morgan fingerprint density at radius 3 is 1.62 bits per heavy atom. The molecule has 4 aromatic carbocycles. The van der Waals surface area contributed by atoms with Crippen LogP contribution in [-0.4, -0.2) is 51.5 Å². The quantitative estimate of drug-likeness (QED) is 0.0941. The molecule has 0 aliphatic rings. The van der Waals surface area contributed by atoms with Crippen molar-refractivity contribution in [1.82, 2.24) is 29.7 Å². The number of aromatic nitrogens is 6. The van der Waals surface area contributed by atoms with Crippen LogP contribution in [0.5, 0.6) is 0 Å². The number of rotatable bonds is 6. The smallest absolute Gasteiger partial charge is 0.181 e. The Kier molecular flexibility index (Phi) is 30.7. The van der Waals surface area contributed by atoms with Gasteiger partial charge in [-0.25, -0.2) is 4.85 Å². The summed E-state index contributed by atoms with van der Waals surface area (Å²) >= 11 is 0. The van der Waals surface area contributed by atoms with Crippen molar-refractivity contribution >= 4 is 33.8 Å². The van der Waals surface area contributed by atoms with Crippen LogP contribution in [0.25, 0.3) is 60.2 Å². The summed E-state index contributed by atoms with van der Waals surface area (Å²) in [5.41, 5.74) is 8.61. The van der Waals surface area contributed by atoms with E-state index < -0.39 is 0 Å². The van der Waals surface area contributed by atoms with Crippen LogP contribution < -0.4 is 0 Å². The average Bonchev–Trinajstić information content (AvgIpc) is 3.83. The first-order valence-electron chi connectivity index (χ1n) is 21.4. The van der Waals surface area contributed by atoms with Crippen molar-refractivity contribution in [3.05, 3.63) is 253 Å². The SMILES string of the molecule is CC(=O)C=C(C)O.CC(=O)C=C(C)O.Cc1c[c-]n(-c2ccccn2)n1.[C-]#[N+]c1cc[c-]c(-c2ccccn2)c1.[C-]#[N+]c1ccnc(-c2[c-]cccc2)c1.[Ir].[Ir].[Ir].[c-]1ccccc1-c1ccc2ccccc2n1. The molecule has 0 bridgehead atoms. The van der Waals surface area contributed by atoms with Gasteiger partial charge in [-0.05, 0) is 80.1 Å². The van der Waals surface area contributed by atoms with E-state index in [0.717, 1.165) is 50.8 Å². The standard InChI is InChI=1S/C15H10N.2C12H7N2.C9H8N3.2C5H8O2.3Ir/c1-2-6-12(7-3-1)15-11-10-13-8-4-5-9-14(13)16-15;1-13-11-6-4-5-10(9-11)12-7-2-3-8-14-12;1-13-11-7-8-14-12(9-11)10-5-3-2-4-6-10;1-8-5-7-12(11-8)9-4-2-3-6-10-9;2*1-4(6)3-5(2)7;;;/h1-6,8-11H;2-4,6-9H;2-5,7-9H;2-6H,1H3;2*3,6H,1-2H3;;;/q4*-1;;;;;. The minimum atomic E-state index is -0.125. The monoisotopic (exact) mass is 1500 g/mol. The van der Waals surface area contributed by atoms with Gasteiger partial charge in [-0.2, -0.15) is 6.07 Å². The molecule has 3 radical (unpaired) electrons. The van der Waals surface area contributed by atoms with Crippen LogP contribution in [0.4, 0.5) is 11.4 Å². The third-order valence-electron chi connectivity index (χ3n) is 8.64. The number of para-hydroxylation sites is 1. The summed E-state index contributed by atoms with van der Waals surface area (Å²) in [6.07, 6.45) is 10.4. The molecular weight excluding hydrogens is 1450 g/mol. The first kappa shape index (κ1) is 63.3. The average molecular weight is 1500 g/mol. The fraction of sp³-hybridized carbons (Fsp3) is 0.0862. The van der Waals surface area contributed by atoms with Crippen molar-refractivity contribution in [2.24, 2.45) is 0 Å². The molecule has 0 aliphatic heterocycles. The van der Waals surface area contributed by atoms with Crippen LogP contribution in [-0.2, 0) is 69.9 Å². The van der Waals surface area contributed by atoms with Crippen molar-refractivity contribution in [2.45, 2.75) is 34.6 Å². The molecule has 5 heterocycles. The van der Waals surface area contributed by atoms with Crippen LogP contribution in [0.3, 0.4) is 0 Å². The van der Waals surface area contributed by atoms with Crippen LogP contribution in [0.1, 0.15) is 33.4 Å². The van der Waals surface area contributed by atoms with Gasteiger partial charge in [0, 0.05) is 91.1 Å². The van der Waals surface area contributed by atoms with Crippen LogP contribution in [0, 0.1) is 44.5 Å². The molecule has 5 aromatic heterocycles. The maximum Gasteiger partial charge on any atom is 0.181 e. The summed E-state index contributed by atoms with van der Waals surface area (Å²) in [6.45, 7) is 21.4. The van der Waals surface area contributed by atoms with Gasteiger partial charge in [0.25, 0.3) is 0 Å². The molecule has 9 aromatic rings. The van der Waals surface area contributed by atoms with Gasteiger partial charge >= 0.3 is 0 Å².